The highest BCUT2D eigenvalue weighted by Gasteiger charge is 2.19. The predicted octanol–water partition coefficient (Wildman–Crippen LogP) is 5.66. The predicted molar refractivity (Wildman–Crippen MR) is 113 cm³/mol. The maximum Gasteiger partial charge on any atom is 0.183 e. The summed E-state index contributed by atoms with van der Waals surface area (Å²) in [5.74, 6) is 0.745. The van der Waals surface area contributed by atoms with Crippen molar-refractivity contribution in [3.63, 3.8) is 0 Å². The Bertz CT molecular complexity index is 884. The Morgan fingerprint density at radius 2 is 1.67 bits per heavy atom. The molecule has 1 atom stereocenters. The van der Waals surface area contributed by atoms with E-state index < -0.39 is 8.32 Å². The molecule has 0 N–H and O–H groups in total. The molecule has 0 aliphatic heterocycles. The fourth-order valence-electron chi connectivity index (χ4n) is 2.72. The molecular formula is C22H26N2O2Si. The van der Waals surface area contributed by atoms with Crippen LogP contribution in [0.2, 0.25) is 19.6 Å². The van der Waals surface area contributed by atoms with E-state index in [9.17, 15) is 0 Å². The quantitative estimate of drug-likeness (QED) is 0.393. The van der Waals surface area contributed by atoms with Crippen LogP contribution in [0.5, 0.6) is 0 Å². The molecular weight excluding hydrogens is 352 g/mol. The number of nitrogens with zero attached hydrogens (tertiary/aromatic N) is 2. The lowest BCUT2D eigenvalue weighted by molar-refractivity contribution is 0.285. The molecule has 0 bridgehead atoms. The second-order valence-electron chi connectivity index (χ2n) is 7.50. The Kier molecular flexibility index (Phi) is 6.03. The van der Waals surface area contributed by atoms with Crippen molar-refractivity contribution in [2.24, 2.45) is 4.99 Å². The van der Waals surface area contributed by atoms with Gasteiger partial charge in [0.1, 0.15) is 0 Å². The monoisotopic (exact) mass is 378 g/mol. The van der Waals surface area contributed by atoms with E-state index in [4.69, 9.17) is 13.9 Å². The number of hydrogen-bond donors (Lipinski definition) is 0. The van der Waals surface area contributed by atoms with Crippen molar-refractivity contribution < 1.29 is 8.95 Å². The van der Waals surface area contributed by atoms with Crippen molar-refractivity contribution in [1.82, 2.24) is 5.16 Å². The second kappa shape index (κ2) is 8.46. The van der Waals surface area contributed by atoms with E-state index in [-0.39, 0.29) is 6.04 Å². The SMILES string of the molecule is Cc1noc(-c2ccccc2)c1C=N[C@H](CO[Si](C)(C)C)c1ccccc1. The van der Waals surface area contributed by atoms with Crippen LogP contribution >= 0.6 is 0 Å². The number of aromatic nitrogens is 1. The van der Waals surface area contributed by atoms with Crippen LogP contribution in [0, 0.1) is 6.92 Å². The summed E-state index contributed by atoms with van der Waals surface area (Å²) in [5.41, 5.74) is 3.88. The Morgan fingerprint density at radius 1 is 1.04 bits per heavy atom. The van der Waals surface area contributed by atoms with Crippen LogP contribution in [0.4, 0.5) is 0 Å². The third kappa shape index (κ3) is 5.25. The summed E-state index contributed by atoms with van der Waals surface area (Å²) in [6.45, 7) is 9.08. The molecule has 3 rings (SSSR count). The van der Waals surface area contributed by atoms with Crippen LogP contribution in [0.1, 0.15) is 22.9 Å². The molecule has 27 heavy (non-hydrogen) atoms. The van der Waals surface area contributed by atoms with Crippen molar-refractivity contribution in [3.8, 4) is 11.3 Å². The largest absolute Gasteiger partial charge is 0.415 e. The average Bonchev–Trinajstić information content (AvgIpc) is 3.03. The lowest BCUT2D eigenvalue weighted by Crippen LogP contribution is -2.27. The molecule has 0 unspecified atom stereocenters. The zero-order chi connectivity index (χ0) is 19.3. The highest BCUT2D eigenvalue weighted by atomic mass is 28.4. The van der Waals surface area contributed by atoms with E-state index in [1.807, 2.05) is 61.7 Å². The van der Waals surface area contributed by atoms with Crippen LogP contribution in [0.15, 0.2) is 70.2 Å². The van der Waals surface area contributed by atoms with Crippen LogP contribution in [0.25, 0.3) is 11.3 Å². The molecule has 4 nitrogen and oxygen atoms in total. The fraction of sp³-hybridized carbons (Fsp3) is 0.273. The highest BCUT2D eigenvalue weighted by molar-refractivity contribution is 6.69. The van der Waals surface area contributed by atoms with Gasteiger partial charge in [0.2, 0.25) is 0 Å². The molecule has 1 heterocycles. The van der Waals surface area contributed by atoms with Gasteiger partial charge in [-0.05, 0) is 32.1 Å². The molecule has 0 aliphatic carbocycles. The Labute approximate surface area is 162 Å². The molecule has 1 aromatic heterocycles. The molecule has 140 valence electrons. The molecule has 0 spiro atoms. The molecule has 0 radical (unpaired) electrons. The summed E-state index contributed by atoms with van der Waals surface area (Å²) >= 11 is 0. The van der Waals surface area contributed by atoms with Crippen molar-refractivity contribution >= 4 is 14.5 Å². The highest BCUT2D eigenvalue weighted by Crippen LogP contribution is 2.26. The zero-order valence-electron chi connectivity index (χ0n) is 16.3. The second-order valence-corrected chi connectivity index (χ2v) is 12.0. The maximum absolute atomic E-state index is 6.15. The maximum atomic E-state index is 6.15. The van der Waals surface area contributed by atoms with Crippen molar-refractivity contribution in [2.75, 3.05) is 6.61 Å². The van der Waals surface area contributed by atoms with Gasteiger partial charge in [0.25, 0.3) is 0 Å². The van der Waals surface area contributed by atoms with Gasteiger partial charge in [-0.15, -0.1) is 0 Å². The van der Waals surface area contributed by atoms with Gasteiger partial charge in [-0.1, -0.05) is 65.8 Å². The number of aryl methyl sites for hydroxylation is 1. The molecule has 5 heteroatoms. The van der Waals surface area contributed by atoms with E-state index in [0.717, 1.165) is 28.1 Å². The fourth-order valence-corrected chi connectivity index (χ4v) is 3.38. The molecule has 0 aliphatic rings. The van der Waals surface area contributed by atoms with Gasteiger partial charge in [0.15, 0.2) is 14.1 Å². The van der Waals surface area contributed by atoms with Crippen molar-refractivity contribution in [3.05, 3.63) is 77.5 Å². The summed E-state index contributed by atoms with van der Waals surface area (Å²) in [6, 6.07) is 20.2. The first kappa shape index (κ1) is 19.3. The molecule has 0 fully saturated rings. The first-order chi connectivity index (χ1) is 12.9. The van der Waals surface area contributed by atoms with Gasteiger partial charge in [0.05, 0.1) is 23.9 Å². The third-order valence-electron chi connectivity index (χ3n) is 4.19. The summed E-state index contributed by atoms with van der Waals surface area (Å²) in [4.78, 5) is 4.86. The van der Waals surface area contributed by atoms with Gasteiger partial charge in [-0.3, -0.25) is 4.99 Å². The van der Waals surface area contributed by atoms with Crippen molar-refractivity contribution in [1.29, 1.82) is 0 Å². The smallest absolute Gasteiger partial charge is 0.183 e. The summed E-state index contributed by atoms with van der Waals surface area (Å²) in [6.07, 6.45) is 1.87. The minimum Gasteiger partial charge on any atom is -0.415 e. The molecule has 0 saturated carbocycles. The Morgan fingerprint density at radius 3 is 2.30 bits per heavy atom. The molecule has 3 aromatic rings. The van der Waals surface area contributed by atoms with E-state index in [1.54, 1.807) is 0 Å². The number of aliphatic imine (C=N–C) groups is 1. The standard InChI is InChI=1S/C22H26N2O2Si/c1-17-20(22(26-24-17)19-13-9-6-10-14-19)15-23-21(16-25-27(2,3)4)18-11-7-5-8-12-18/h5-15,21H,16H2,1-4H3/t21-/m1/s1. The summed E-state index contributed by atoms with van der Waals surface area (Å²) in [7, 11) is -1.63. The van der Waals surface area contributed by atoms with Gasteiger partial charge in [-0.2, -0.15) is 0 Å². The van der Waals surface area contributed by atoms with Crippen LogP contribution in [-0.4, -0.2) is 26.3 Å². The third-order valence-corrected chi connectivity index (χ3v) is 5.22. The van der Waals surface area contributed by atoms with Crippen LogP contribution in [-0.2, 0) is 4.43 Å². The number of rotatable bonds is 7. The van der Waals surface area contributed by atoms with E-state index in [2.05, 4.69) is 36.9 Å². The zero-order valence-corrected chi connectivity index (χ0v) is 17.3. The summed E-state index contributed by atoms with van der Waals surface area (Å²) in [5, 5.41) is 4.14. The van der Waals surface area contributed by atoms with Gasteiger partial charge in [-0.25, -0.2) is 0 Å². The average molecular weight is 379 g/mol. The Hall–Kier alpha value is -2.50. The lowest BCUT2D eigenvalue weighted by atomic mass is 10.1. The van der Waals surface area contributed by atoms with Crippen molar-refractivity contribution in [2.45, 2.75) is 32.6 Å². The van der Waals surface area contributed by atoms with Crippen LogP contribution < -0.4 is 0 Å². The lowest BCUT2D eigenvalue weighted by Gasteiger charge is -2.21. The number of hydrogen-bond acceptors (Lipinski definition) is 4. The Balaban J connectivity index is 1.90. The number of benzene rings is 2. The van der Waals surface area contributed by atoms with E-state index in [1.165, 1.54) is 0 Å². The minimum atomic E-state index is -1.63. The van der Waals surface area contributed by atoms with Gasteiger partial charge < -0.3 is 8.95 Å². The first-order valence-electron chi connectivity index (χ1n) is 9.18. The first-order valence-corrected chi connectivity index (χ1v) is 12.6. The van der Waals surface area contributed by atoms with E-state index in [0.29, 0.717) is 6.61 Å². The van der Waals surface area contributed by atoms with Crippen LogP contribution in [0.3, 0.4) is 0 Å². The molecule has 0 amide bonds. The normalized spacial score (nSPS) is 13.2. The van der Waals surface area contributed by atoms with Gasteiger partial charge in [0, 0.05) is 11.8 Å². The van der Waals surface area contributed by atoms with Gasteiger partial charge >= 0.3 is 0 Å². The minimum absolute atomic E-state index is 0.0594. The molecule has 0 saturated heterocycles. The topological polar surface area (TPSA) is 47.6 Å². The summed E-state index contributed by atoms with van der Waals surface area (Å²) < 4.78 is 11.7. The molecule has 2 aromatic carbocycles. The van der Waals surface area contributed by atoms with E-state index >= 15 is 0 Å².